The molecule has 0 fully saturated rings. The molecule has 0 aliphatic carbocycles. The highest BCUT2D eigenvalue weighted by Gasteiger charge is 2.26. The summed E-state index contributed by atoms with van der Waals surface area (Å²) in [5, 5.41) is 8.71. The summed E-state index contributed by atoms with van der Waals surface area (Å²) in [7, 11) is -4.55. The second-order valence-corrected chi connectivity index (χ2v) is 6.49. The third-order valence-electron chi connectivity index (χ3n) is 1.99. The van der Waals surface area contributed by atoms with Gasteiger partial charge in [-0.25, -0.2) is 22.0 Å². The first-order valence-corrected chi connectivity index (χ1v) is 6.84. The topological polar surface area (TPSA) is 92.7 Å². The van der Waals surface area contributed by atoms with Crippen molar-refractivity contribution in [1.82, 2.24) is 4.89 Å². The van der Waals surface area contributed by atoms with E-state index >= 15 is 0 Å². The monoisotopic (exact) mass is 309 g/mol. The lowest BCUT2D eigenvalue weighted by Gasteiger charge is -2.19. The smallest absolute Gasteiger partial charge is 0.335 e. The van der Waals surface area contributed by atoms with Crippen molar-refractivity contribution >= 4 is 16.0 Å². The molecule has 0 radical (unpaired) electrons. The zero-order valence-corrected chi connectivity index (χ0v) is 11.7. The summed E-state index contributed by atoms with van der Waals surface area (Å²) in [5.74, 6) is -4.85. The molecule has 112 valence electrons. The molecule has 0 bridgehead atoms. The van der Waals surface area contributed by atoms with Crippen LogP contribution in [0.5, 0.6) is 0 Å². The molecule has 0 saturated carbocycles. The molecule has 2 N–H and O–H groups in total. The molecule has 1 aromatic carbocycles. The molecule has 0 atom stereocenters. The van der Waals surface area contributed by atoms with E-state index in [0.717, 1.165) is 0 Å². The van der Waals surface area contributed by atoms with Crippen LogP contribution in [-0.2, 0) is 14.9 Å². The summed E-state index contributed by atoms with van der Waals surface area (Å²) in [6, 6.07) is 0.899. The minimum Gasteiger partial charge on any atom is -0.478 e. The van der Waals surface area contributed by atoms with Crippen LogP contribution in [0.15, 0.2) is 17.0 Å². The fourth-order valence-electron chi connectivity index (χ4n) is 1.11. The largest absolute Gasteiger partial charge is 0.478 e. The summed E-state index contributed by atoms with van der Waals surface area (Å²) in [5.41, 5.74) is -1.60. The normalized spacial score (nSPS) is 12.4. The number of carboxylic acids is 1. The van der Waals surface area contributed by atoms with Crippen LogP contribution >= 0.6 is 0 Å². The summed E-state index contributed by atoms with van der Waals surface area (Å²) >= 11 is 0. The average molecular weight is 309 g/mol. The highest BCUT2D eigenvalue weighted by atomic mass is 32.2. The van der Waals surface area contributed by atoms with E-state index in [4.69, 9.17) is 9.94 Å². The van der Waals surface area contributed by atoms with E-state index in [2.05, 4.69) is 0 Å². The van der Waals surface area contributed by atoms with Gasteiger partial charge in [0, 0.05) is 0 Å². The molecule has 0 unspecified atom stereocenters. The Morgan fingerprint density at radius 3 is 2.30 bits per heavy atom. The van der Waals surface area contributed by atoms with Crippen LogP contribution in [0.4, 0.5) is 8.78 Å². The first-order valence-electron chi connectivity index (χ1n) is 5.36. The second kappa shape index (κ2) is 5.43. The molecule has 0 spiro atoms. The maximum Gasteiger partial charge on any atom is 0.335 e. The van der Waals surface area contributed by atoms with Gasteiger partial charge in [-0.05, 0) is 32.9 Å². The van der Waals surface area contributed by atoms with E-state index in [0.29, 0.717) is 12.1 Å². The number of rotatable bonds is 4. The number of halogens is 2. The van der Waals surface area contributed by atoms with Crippen LogP contribution in [0.1, 0.15) is 31.1 Å². The lowest BCUT2D eigenvalue weighted by molar-refractivity contribution is -0.0358. The van der Waals surface area contributed by atoms with Crippen molar-refractivity contribution in [3.63, 3.8) is 0 Å². The summed E-state index contributed by atoms with van der Waals surface area (Å²) in [4.78, 5) is 16.0. The van der Waals surface area contributed by atoms with Crippen molar-refractivity contribution in [2.45, 2.75) is 31.3 Å². The van der Waals surface area contributed by atoms with Gasteiger partial charge in [-0.15, -0.1) is 0 Å². The number of sulfonamides is 1. The summed E-state index contributed by atoms with van der Waals surface area (Å²) < 4.78 is 50.3. The standard InChI is InChI=1S/C11H13F2NO5S/c1-11(2,3)19-14-20(17,18)8-5-6(10(15)16)4-7(12)9(8)13/h4-5,14H,1-3H3,(H,15,16). The molecule has 0 heterocycles. The molecular weight excluding hydrogens is 296 g/mol. The van der Waals surface area contributed by atoms with Crippen molar-refractivity contribution in [1.29, 1.82) is 0 Å². The van der Waals surface area contributed by atoms with Crippen LogP contribution in [0, 0.1) is 11.6 Å². The van der Waals surface area contributed by atoms with Crippen LogP contribution in [0.2, 0.25) is 0 Å². The molecule has 9 heteroatoms. The number of carboxylic acid groups (broad SMARTS) is 1. The lowest BCUT2D eigenvalue weighted by atomic mass is 10.2. The molecular formula is C11H13F2NO5S. The van der Waals surface area contributed by atoms with Gasteiger partial charge in [-0.1, -0.05) is 4.89 Å². The van der Waals surface area contributed by atoms with E-state index < -0.39 is 43.7 Å². The van der Waals surface area contributed by atoms with E-state index in [1.54, 1.807) is 4.89 Å². The Bertz CT molecular complexity index is 637. The summed E-state index contributed by atoms with van der Waals surface area (Å²) in [6.45, 7) is 4.58. The van der Waals surface area contributed by atoms with Crippen molar-refractivity contribution in [2.24, 2.45) is 0 Å². The highest BCUT2D eigenvalue weighted by Crippen LogP contribution is 2.20. The Morgan fingerprint density at radius 2 is 1.85 bits per heavy atom. The molecule has 0 aromatic heterocycles. The molecule has 0 aliphatic rings. The van der Waals surface area contributed by atoms with E-state index in [9.17, 15) is 22.0 Å². The molecule has 1 aromatic rings. The lowest BCUT2D eigenvalue weighted by Crippen LogP contribution is -2.34. The van der Waals surface area contributed by atoms with E-state index in [1.807, 2.05) is 0 Å². The fourth-order valence-corrected chi connectivity index (χ4v) is 2.17. The zero-order valence-electron chi connectivity index (χ0n) is 10.9. The first-order chi connectivity index (χ1) is 8.94. The van der Waals surface area contributed by atoms with Gasteiger partial charge in [0.15, 0.2) is 11.6 Å². The van der Waals surface area contributed by atoms with Gasteiger partial charge in [0.25, 0.3) is 10.0 Å². The zero-order chi connectivity index (χ0) is 15.7. The molecule has 0 aliphatic heterocycles. The number of benzene rings is 1. The Kier molecular flexibility index (Phi) is 4.47. The van der Waals surface area contributed by atoms with Crippen molar-refractivity contribution in [3.8, 4) is 0 Å². The highest BCUT2D eigenvalue weighted by molar-refractivity contribution is 7.89. The Morgan fingerprint density at radius 1 is 1.30 bits per heavy atom. The molecule has 0 saturated heterocycles. The van der Waals surface area contributed by atoms with Crippen molar-refractivity contribution in [3.05, 3.63) is 29.3 Å². The second-order valence-electron chi connectivity index (χ2n) is 4.88. The van der Waals surface area contributed by atoms with Gasteiger partial charge in [-0.2, -0.15) is 0 Å². The third kappa shape index (κ3) is 3.95. The van der Waals surface area contributed by atoms with E-state index in [-0.39, 0.29) is 0 Å². The molecule has 0 amide bonds. The predicted molar refractivity (Wildman–Crippen MR) is 64.5 cm³/mol. The number of hydrogen-bond acceptors (Lipinski definition) is 4. The van der Waals surface area contributed by atoms with Crippen LogP contribution < -0.4 is 4.89 Å². The Labute approximate surface area is 114 Å². The first kappa shape index (κ1) is 16.5. The minimum atomic E-state index is -4.55. The van der Waals surface area contributed by atoms with Crippen LogP contribution in [-0.4, -0.2) is 25.1 Å². The molecule has 6 nitrogen and oxygen atoms in total. The molecule has 20 heavy (non-hydrogen) atoms. The van der Waals surface area contributed by atoms with Gasteiger partial charge in [0.05, 0.1) is 11.2 Å². The van der Waals surface area contributed by atoms with Gasteiger partial charge in [-0.3, -0.25) is 4.84 Å². The Hall–Kier alpha value is -1.58. The SMILES string of the molecule is CC(C)(C)ONS(=O)(=O)c1cc(C(=O)O)cc(F)c1F. The molecule has 1 rings (SSSR count). The van der Waals surface area contributed by atoms with Crippen molar-refractivity contribution < 1.29 is 31.9 Å². The van der Waals surface area contributed by atoms with Crippen LogP contribution in [0.3, 0.4) is 0 Å². The Balaban J connectivity index is 3.27. The fraction of sp³-hybridized carbons (Fsp3) is 0.364. The van der Waals surface area contributed by atoms with Gasteiger partial charge in [0.2, 0.25) is 0 Å². The minimum absolute atomic E-state index is 0.390. The third-order valence-corrected chi connectivity index (χ3v) is 3.17. The summed E-state index contributed by atoms with van der Waals surface area (Å²) in [6.07, 6.45) is 0. The maximum absolute atomic E-state index is 13.5. The number of hydrogen-bond donors (Lipinski definition) is 2. The maximum atomic E-state index is 13.5. The van der Waals surface area contributed by atoms with Crippen molar-refractivity contribution in [2.75, 3.05) is 0 Å². The van der Waals surface area contributed by atoms with Gasteiger partial charge in [0.1, 0.15) is 4.90 Å². The number of nitrogens with one attached hydrogen (secondary N) is 1. The number of carbonyl (C=O) groups is 1. The predicted octanol–water partition coefficient (Wildman–Crippen LogP) is 1.67. The average Bonchev–Trinajstić information content (AvgIpc) is 2.28. The van der Waals surface area contributed by atoms with E-state index in [1.165, 1.54) is 20.8 Å². The van der Waals surface area contributed by atoms with Gasteiger partial charge >= 0.3 is 5.97 Å². The van der Waals surface area contributed by atoms with Gasteiger partial charge < -0.3 is 5.11 Å². The van der Waals surface area contributed by atoms with Crippen LogP contribution in [0.25, 0.3) is 0 Å². The quantitative estimate of drug-likeness (QED) is 0.825. The number of aromatic carboxylic acids is 1.